The predicted octanol–water partition coefficient (Wildman–Crippen LogP) is 4.35. The summed E-state index contributed by atoms with van der Waals surface area (Å²) < 4.78 is 40.3. The SMILES string of the molecule is CCOc1cc(C=C2COc3ccccc3C2=O)ccc1OC(F)F. The van der Waals surface area contributed by atoms with Gasteiger partial charge in [0.05, 0.1) is 12.2 Å². The Morgan fingerprint density at radius 2 is 2.00 bits per heavy atom. The molecule has 25 heavy (non-hydrogen) atoms. The Bertz CT molecular complexity index is 815. The number of para-hydroxylation sites is 1. The molecule has 1 heterocycles. The van der Waals surface area contributed by atoms with Gasteiger partial charge in [-0.15, -0.1) is 0 Å². The molecule has 4 nitrogen and oxygen atoms in total. The second-order valence-corrected chi connectivity index (χ2v) is 5.30. The van der Waals surface area contributed by atoms with E-state index in [0.717, 1.165) is 0 Å². The monoisotopic (exact) mass is 346 g/mol. The highest BCUT2D eigenvalue weighted by Crippen LogP contribution is 2.32. The van der Waals surface area contributed by atoms with Crippen LogP contribution < -0.4 is 14.2 Å². The zero-order chi connectivity index (χ0) is 17.8. The van der Waals surface area contributed by atoms with Crippen LogP contribution in [0.15, 0.2) is 48.0 Å². The quantitative estimate of drug-likeness (QED) is 0.755. The number of hydrogen-bond acceptors (Lipinski definition) is 4. The molecule has 0 saturated heterocycles. The van der Waals surface area contributed by atoms with E-state index in [1.54, 1.807) is 49.4 Å². The van der Waals surface area contributed by atoms with Crippen molar-refractivity contribution in [3.8, 4) is 17.2 Å². The number of alkyl halides is 2. The third-order valence-electron chi connectivity index (χ3n) is 3.63. The Morgan fingerprint density at radius 3 is 2.76 bits per heavy atom. The fraction of sp³-hybridized carbons (Fsp3) is 0.211. The van der Waals surface area contributed by atoms with Gasteiger partial charge in [0.1, 0.15) is 12.4 Å². The van der Waals surface area contributed by atoms with Gasteiger partial charge in [-0.25, -0.2) is 0 Å². The van der Waals surface area contributed by atoms with Crippen LogP contribution in [0.4, 0.5) is 8.78 Å². The molecule has 1 aliphatic rings. The molecule has 0 N–H and O–H groups in total. The summed E-state index contributed by atoms with van der Waals surface area (Å²) in [4.78, 5) is 12.5. The summed E-state index contributed by atoms with van der Waals surface area (Å²) in [5, 5.41) is 0. The summed E-state index contributed by atoms with van der Waals surface area (Å²) in [7, 11) is 0. The number of ketones is 1. The maximum Gasteiger partial charge on any atom is 0.387 e. The third kappa shape index (κ3) is 3.79. The van der Waals surface area contributed by atoms with E-state index in [1.807, 2.05) is 0 Å². The van der Waals surface area contributed by atoms with E-state index < -0.39 is 6.61 Å². The van der Waals surface area contributed by atoms with Gasteiger partial charge in [-0.2, -0.15) is 8.78 Å². The van der Waals surface area contributed by atoms with Gasteiger partial charge >= 0.3 is 6.61 Å². The van der Waals surface area contributed by atoms with Crippen molar-refractivity contribution >= 4 is 11.9 Å². The lowest BCUT2D eigenvalue weighted by Gasteiger charge is -2.18. The molecule has 6 heteroatoms. The molecule has 0 spiro atoms. The van der Waals surface area contributed by atoms with Crippen molar-refractivity contribution in [1.29, 1.82) is 0 Å². The van der Waals surface area contributed by atoms with E-state index in [2.05, 4.69) is 4.74 Å². The Balaban J connectivity index is 1.91. The summed E-state index contributed by atoms with van der Waals surface area (Å²) >= 11 is 0. The van der Waals surface area contributed by atoms with Crippen LogP contribution in [0.5, 0.6) is 17.2 Å². The Labute approximate surface area is 143 Å². The fourth-order valence-electron chi connectivity index (χ4n) is 2.56. The van der Waals surface area contributed by atoms with Crippen LogP contribution in [0.25, 0.3) is 6.08 Å². The molecule has 2 aromatic rings. The van der Waals surface area contributed by atoms with Crippen LogP contribution in [0.3, 0.4) is 0 Å². The summed E-state index contributed by atoms with van der Waals surface area (Å²) in [6.45, 7) is -0.745. The number of Topliss-reactive ketones (excluding diaryl/α,β-unsaturated/α-hetero) is 1. The van der Waals surface area contributed by atoms with Crippen molar-refractivity contribution in [2.24, 2.45) is 0 Å². The largest absolute Gasteiger partial charge is 0.490 e. The lowest BCUT2D eigenvalue weighted by atomic mass is 9.98. The van der Waals surface area contributed by atoms with Gasteiger partial charge in [-0.1, -0.05) is 18.2 Å². The second kappa shape index (κ2) is 7.34. The minimum atomic E-state index is -2.94. The molecule has 1 aliphatic heterocycles. The minimum absolute atomic E-state index is 0.0458. The lowest BCUT2D eigenvalue weighted by Crippen LogP contribution is -2.18. The summed E-state index contributed by atoms with van der Waals surface area (Å²) in [6.07, 6.45) is 1.66. The van der Waals surface area contributed by atoms with E-state index in [-0.39, 0.29) is 23.9 Å². The number of carbonyl (C=O) groups is 1. The van der Waals surface area contributed by atoms with E-state index in [0.29, 0.717) is 29.1 Å². The van der Waals surface area contributed by atoms with Gasteiger partial charge in [-0.05, 0) is 42.8 Å². The molecule has 0 radical (unpaired) electrons. The first kappa shape index (κ1) is 17.0. The molecular formula is C19H16F2O4. The zero-order valence-corrected chi connectivity index (χ0v) is 13.5. The van der Waals surface area contributed by atoms with Gasteiger partial charge in [0.15, 0.2) is 17.3 Å². The first-order valence-corrected chi connectivity index (χ1v) is 7.77. The molecule has 0 unspecified atom stereocenters. The Kier molecular flexibility index (Phi) is 4.97. The molecular weight excluding hydrogens is 330 g/mol. The fourth-order valence-corrected chi connectivity index (χ4v) is 2.56. The van der Waals surface area contributed by atoms with Crippen molar-refractivity contribution in [3.63, 3.8) is 0 Å². The van der Waals surface area contributed by atoms with Crippen LogP contribution in [0.2, 0.25) is 0 Å². The first-order chi connectivity index (χ1) is 12.1. The first-order valence-electron chi connectivity index (χ1n) is 7.77. The van der Waals surface area contributed by atoms with Crippen molar-refractivity contribution in [2.45, 2.75) is 13.5 Å². The minimum Gasteiger partial charge on any atom is -0.490 e. The van der Waals surface area contributed by atoms with Crippen LogP contribution in [0.1, 0.15) is 22.8 Å². The van der Waals surface area contributed by atoms with E-state index in [1.165, 1.54) is 6.07 Å². The van der Waals surface area contributed by atoms with E-state index in [9.17, 15) is 13.6 Å². The van der Waals surface area contributed by atoms with Crippen molar-refractivity contribution in [1.82, 2.24) is 0 Å². The number of carbonyl (C=O) groups excluding carboxylic acids is 1. The van der Waals surface area contributed by atoms with Gasteiger partial charge < -0.3 is 14.2 Å². The van der Waals surface area contributed by atoms with Gasteiger partial charge in [0, 0.05) is 5.57 Å². The van der Waals surface area contributed by atoms with Crippen LogP contribution >= 0.6 is 0 Å². The topological polar surface area (TPSA) is 44.8 Å². The van der Waals surface area contributed by atoms with Crippen molar-refractivity contribution in [3.05, 3.63) is 59.2 Å². The highest BCUT2D eigenvalue weighted by molar-refractivity contribution is 6.14. The lowest BCUT2D eigenvalue weighted by molar-refractivity contribution is -0.0514. The molecule has 0 bridgehead atoms. The second-order valence-electron chi connectivity index (χ2n) is 5.30. The van der Waals surface area contributed by atoms with Crippen molar-refractivity contribution < 1.29 is 27.8 Å². The standard InChI is InChI=1S/C19H16F2O4/c1-2-23-17-10-12(7-8-16(17)25-19(20)21)9-13-11-24-15-6-4-3-5-14(15)18(13)22/h3-10,19H,2,11H2,1H3. The van der Waals surface area contributed by atoms with E-state index >= 15 is 0 Å². The number of hydrogen-bond donors (Lipinski definition) is 0. The summed E-state index contributed by atoms with van der Waals surface area (Å²) in [6, 6.07) is 11.6. The highest BCUT2D eigenvalue weighted by Gasteiger charge is 2.22. The van der Waals surface area contributed by atoms with Crippen LogP contribution in [-0.2, 0) is 0 Å². The average molecular weight is 346 g/mol. The molecule has 0 saturated carbocycles. The number of benzene rings is 2. The summed E-state index contributed by atoms with van der Waals surface area (Å²) in [5.41, 5.74) is 1.61. The number of fused-ring (bicyclic) bond motifs is 1. The van der Waals surface area contributed by atoms with Crippen molar-refractivity contribution in [2.75, 3.05) is 13.2 Å². The molecule has 0 aliphatic carbocycles. The van der Waals surface area contributed by atoms with Gasteiger partial charge in [0.25, 0.3) is 0 Å². The molecule has 0 fully saturated rings. The maximum absolute atomic E-state index is 12.5. The van der Waals surface area contributed by atoms with Gasteiger partial charge in [-0.3, -0.25) is 4.79 Å². The molecule has 2 aromatic carbocycles. The smallest absolute Gasteiger partial charge is 0.387 e. The summed E-state index contributed by atoms with van der Waals surface area (Å²) in [5.74, 6) is 0.588. The van der Waals surface area contributed by atoms with Crippen LogP contribution in [0, 0.1) is 0 Å². The van der Waals surface area contributed by atoms with Gasteiger partial charge in [0.2, 0.25) is 0 Å². The zero-order valence-electron chi connectivity index (χ0n) is 13.5. The highest BCUT2D eigenvalue weighted by atomic mass is 19.3. The van der Waals surface area contributed by atoms with Crippen LogP contribution in [-0.4, -0.2) is 25.6 Å². The Hall–Kier alpha value is -2.89. The molecule has 0 aromatic heterocycles. The molecule has 0 atom stereocenters. The molecule has 3 rings (SSSR count). The third-order valence-corrected chi connectivity index (χ3v) is 3.63. The number of ether oxygens (including phenoxy) is 3. The van der Waals surface area contributed by atoms with E-state index in [4.69, 9.17) is 9.47 Å². The molecule has 130 valence electrons. The Morgan fingerprint density at radius 1 is 1.20 bits per heavy atom. The molecule has 0 amide bonds. The number of halogens is 2. The normalized spacial score (nSPS) is 15.0. The predicted molar refractivity (Wildman–Crippen MR) is 88.5 cm³/mol. The average Bonchev–Trinajstić information content (AvgIpc) is 2.60. The maximum atomic E-state index is 12.5. The number of rotatable bonds is 5.